The Kier molecular flexibility index (Phi) is 3.60. The normalized spacial score (nSPS) is 26.6. The molecule has 116 valence electrons. The molecule has 3 aliphatic heterocycles. The number of rotatable bonds is 1. The molecule has 3 heterocycles. The predicted molar refractivity (Wildman–Crippen MR) is 72.8 cm³/mol. The largest absolute Gasteiger partial charge is 0.481 e. The highest BCUT2D eigenvalue weighted by atomic mass is 16.4. The molecule has 0 aromatic carbocycles. The van der Waals surface area contributed by atoms with E-state index in [1.54, 1.807) is 14.7 Å². The fraction of sp³-hybridized carbons (Fsp3) is 0.769. The molecule has 8 heteroatoms. The van der Waals surface area contributed by atoms with Crippen LogP contribution >= 0.6 is 0 Å². The summed E-state index contributed by atoms with van der Waals surface area (Å²) in [5.41, 5.74) is 0. The molecule has 0 aromatic rings. The Bertz CT molecular complexity index is 461. The van der Waals surface area contributed by atoms with Gasteiger partial charge in [-0.15, -0.1) is 0 Å². The van der Waals surface area contributed by atoms with E-state index in [1.807, 2.05) is 0 Å². The molecule has 21 heavy (non-hydrogen) atoms. The number of likely N-dealkylation sites (tertiary alicyclic amines) is 1. The number of piperidine rings is 1. The van der Waals surface area contributed by atoms with Crippen molar-refractivity contribution < 1.29 is 19.5 Å². The van der Waals surface area contributed by atoms with Gasteiger partial charge in [0.25, 0.3) is 0 Å². The molecule has 3 saturated heterocycles. The highest BCUT2D eigenvalue weighted by molar-refractivity contribution is 5.79. The van der Waals surface area contributed by atoms with Gasteiger partial charge in [0.15, 0.2) is 0 Å². The van der Waals surface area contributed by atoms with Crippen LogP contribution in [0.25, 0.3) is 0 Å². The molecule has 3 rings (SSSR count). The summed E-state index contributed by atoms with van der Waals surface area (Å²) < 4.78 is 0. The molecule has 0 radical (unpaired) electrons. The van der Waals surface area contributed by atoms with Crippen LogP contribution in [0.4, 0.5) is 9.59 Å². The molecule has 3 fully saturated rings. The zero-order chi connectivity index (χ0) is 15.0. The molecule has 0 bridgehead atoms. The van der Waals surface area contributed by atoms with Gasteiger partial charge in [0.1, 0.15) is 0 Å². The fourth-order valence-corrected chi connectivity index (χ4v) is 3.30. The topological polar surface area (TPSA) is 93.2 Å². The van der Waals surface area contributed by atoms with Gasteiger partial charge in [-0.05, 0) is 12.8 Å². The molecule has 4 amide bonds. The van der Waals surface area contributed by atoms with Gasteiger partial charge in [-0.25, -0.2) is 9.59 Å². The number of fused-ring (bicyclic) bond motifs is 1. The number of carbonyl (C=O) groups excluding carboxylic acids is 2. The van der Waals surface area contributed by atoms with Crippen LogP contribution in [0.2, 0.25) is 0 Å². The molecular weight excluding hydrogens is 276 g/mol. The summed E-state index contributed by atoms with van der Waals surface area (Å²) in [7, 11) is 0. The summed E-state index contributed by atoms with van der Waals surface area (Å²) in [6.45, 7) is 3.24. The van der Waals surface area contributed by atoms with Gasteiger partial charge in [-0.1, -0.05) is 0 Å². The van der Waals surface area contributed by atoms with Crippen LogP contribution in [0.1, 0.15) is 12.8 Å². The van der Waals surface area contributed by atoms with E-state index in [9.17, 15) is 14.4 Å². The zero-order valence-electron chi connectivity index (χ0n) is 11.8. The van der Waals surface area contributed by atoms with E-state index in [-0.39, 0.29) is 24.0 Å². The molecule has 0 aromatic heterocycles. The van der Waals surface area contributed by atoms with Crippen LogP contribution in [-0.2, 0) is 4.79 Å². The van der Waals surface area contributed by atoms with Gasteiger partial charge in [-0.3, -0.25) is 4.79 Å². The van der Waals surface area contributed by atoms with Crippen molar-refractivity contribution in [3.05, 3.63) is 0 Å². The lowest BCUT2D eigenvalue weighted by atomic mass is 9.97. The van der Waals surface area contributed by atoms with Gasteiger partial charge in [0.2, 0.25) is 0 Å². The van der Waals surface area contributed by atoms with Crippen molar-refractivity contribution in [3.63, 3.8) is 0 Å². The summed E-state index contributed by atoms with van der Waals surface area (Å²) in [5, 5.41) is 11.8. The lowest BCUT2D eigenvalue weighted by molar-refractivity contribution is -0.143. The molecule has 2 N–H and O–H groups in total. The Morgan fingerprint density at radius 3 is 2.48 bits per heavy atom. The number of carbonyl (C=O) groups is 3. The van der Waals surface area contributed by atoms with Crippen molar-refractivity contribution in [2.24, 2.45) is 5.92 Å². The van der Waals surface area contributed by atoms with Crippen molar-refractivity contribution in [1.29, 1.82) is 0 Å². The summed E-state index contributed by atoms with van der Waals surface area (Å²) in [4.78, 5) is 40.2. The average molecular weight is 296 g/mol. The first-order chi connectivity index (χ1) is 10.1. The van der Waals surface area contributed by atoms with Crippen molar-refractivity contribution in [2.45, 2.75) is 18.9 Å². The first-order valence-electron chi connectivity index (χ1n) is 7.37. The van der Waals surface area contributed by atoms with E-state index in [0.717, 1.165) is 0 Å². The Labute approximate surface area is 122 Å². The number of nitrogens with zero attached hydrogens (tertiary/aromatic N) is 3. The minimum Gasteiger partial charge on any atom is -0.481 e. The summed E-state index contributed by atoms with van der Waals surface area (Å²) in [6.07, 6.45) is 1.04. The van der Waals surface area contributed by atoms with Crippen molar-refractivity contribution in [3.8, 4) is 0 Å². The van der Waals surface area contributed by atoms with Gasteiger partial charge in [0, 0.05) is 39.3 Å². The van der Waals surface area contributed by atoms with Gasteiger partial charge in [-0.2, -0.15) is 0 Å². The monoisotopic (exact) mass is 296 g/mol. The average Bonchev–Trinajstić information content (AvgIpc) is 2.87. The number of hydrogen-bond acceptors (Lipinski definition) is 3. The number of hydrogen-bond donors (Lipinski definition) is 2. The standard InChI is InChI=1S/C13H20N4O4/c18-11(19)9-1-3-15(4-2-9)13(21)16-5-6-17-10(8-16)7-14-12(17)20/h9-10H,1-8H2,(H,14,20)(H,18,19). The number of piperazine rings is 1. The van der Waals surface area contributed by atoms with Crippen LogP contribution in [0.3, 0.4) is 0 Å². The number of aliphatic carboxylic acids is 1. The van der Waals surface area contributed by atoms with E-state index in [4.69, 9.17) is 5.11 Å². The van der Waals surface area contributed by atoms with Crippen LogP contribution in [0.5, 0.6) is 0 Å². The summed E-state index contributed by atoms with van der Waals surface area (Å²) >= 11 is 0. The fourth-order valence-electron chi connectivity index (χ4n) is 3.30. The minimum atomic E-state index is -0.772. The van der Waals surface area contributed by atoms with E-state index < -0.39 is 5.97 Å². The lowest BCUT2D eigenvalue weighted by Gasteiger charge is -2.40. The van der Waals surface area contributed by atoms with Crippen molar-refractivity contribution >= 4 is 18.0 Å². The Morgan fingerprint density at radius 1 is 1.10 bits per heavy atom. The van der Waals surface area contributed by atoms with Crippen molar-refractivity contribution in [1.82, 2.24) is 20.0 Å². The molecule has 1 atom stereocenters. The highest BCUT2D eigenvalue weighted by Crippen LogP contribution is 2.20. The summed E-state index contributed by atoms with van der Waals surface area (Å²) in [6, 6.07) is -0.0148. The van der Waals surface area contributed by atoms with E-state index >= 15 is 0 Å². The zero-order valence-corrected chi connectivity index (χ0v) is 11.8. The maximum atomic E-state index is 12.5. The quantitative estimate of drug-likeness (QED) is 0.689. The molecule has 8 nitrogen and oxygen atoms in total. The van der Waals surface area contributed by atoms with Gasteiger partial charge in [0.05, 0.1) is 12.0 Å². The third-order valence-electron chi connectivity index (χ3n) is 4.62. The third kappa shape index (κ3) is 2.62. The molecular formula is C13H20N4O4. The molecule has 0 saturated carbocycles. The SMILES string of the molecule is O=C(O)C1CCN(C(=O)N2CCN3C(=O)NCC3C2)CC1. The molecule has 1 unspecified atom stereocenters. The van der Waals surface area contributed by atoms with E-state index in [1.165, 1.54) is 0 Å². The third-order valence-corrected chi connectivity index (χ3v) is 4.62. The molecule has 3 aliphatic rings. The minimum absolute atomic E-state index is 0.0298. The molecule has 0 aliphatic carbocycles. The van der Waals surface area contributed by atoms with Crippen LogP contribution in [0, 0.1) is 5.92 Å². The smallest absolute Gasteiger partial charge is 0.320 e. The first-order valence-corrected chi connectivity index (χ1v) is 7.37. The van der Waals surface area contributed by atoms with Crippen LogP contribution < -0.4 is 5.32 Å². The number of amides is 4. The Morgan fingerprint density at radius 2 is 1.81 bits per heavy atom. The predicted octanol–water partition coefficient (Wildman–Crippen LogP) is -0.388. The summed E-state index contributed by atoms with van der Waals surface area (Å²) in [5.74, 6) is -1.10. The lowest BCUT2D eigenvalue weighted by Crippen LogP contribution is -2.57. The number of carboxylic acid groups (broad SMARTS) is 1. The van der Waals surface area contributed by atoms with Gasteiger partial charge >= 0.3 is 18.0 Å². The number of urea groups is 2. The van der Waals surface area contributed by atoms with E-state index in [2.05, 4.69) is 5.32 Å². The first kappa shape index (κ1) is 14.0. The van der Waals surface area contributed by atoms with Crippen LogP contribution in [-0.4, -0.2) is 83.1 Å². The second-order valence-electron chi connectivity index (χ2n) is 5.86. The van der Waals surface area contributed by atoms with E-state index in [0.29, 0.717) is 52.1 Å². The second kappa shape index (κ2) is 5.42. The second-order valence-corrected chi connectivity index (χ2v) is 5.86. The van der Waals surface area contributed by atoms with Crippen molar-refractivity contribution in [2.75, 3.05) is 39.3 Å². The Balaban J connectivity index is 1.55. The Hall–Kier alpha value is -1.99. The van der Waals surface area contributed by atoms with Crippen LogP contribution in [0.15, 0.2) is 0 Å². The molecule has 0 spiro atoms. The van der Waals surface area contributed by atoms with Gasteiger partial charge < -0.3 is 25.1 Å². The highest BCUT2D eigenvalue weighted by Gasteiger charge is 2.38. The maximum Gasteiger partial charge on any atom is 0.320 e. The maximum absolute atomic E-state index is 12.5. The number of nitrogens with one attached hydrogen (secondary N) is 1. The number of carboxylic acids is 1.